The lowest BCUT2D eigenvalue weighted by Gasteiger charge is -2.22. The van der Waals surface area contributed by atoms with Crippen LogP contribution in [0.15, 0.2) is 12.4 Å². The number of aryl methyl sites for hydroxylation is 1. The first kappa shape index (κ1) is 11.9. The molecule has 6 heteroatoms. The molecule has 6 nitrogen and oxygen atoms in total. The Bertz CT molecular complexity index is 374. The minimum atomic E-state index is -0.262. The van der Waals surface area contributed by atoms with Gasteiger partial charge in [-0.15, -0.1) is 0 Å². The molecule has 2 N–H and O–H groups in total. The molecule has 0 spiro atoms. The molecule has 2 heterocycles. The van der Waals surface area contributed by atoms with Crippen molar-refractivity contribution >= 4 is 5.91 Å². The summed E-state index contributed by atoms with van der Waals surface area (Å²) in [5, 5.41) is 5.90. The predicted octanol–water partition coefficient (Wildman–Crippen LogP) is -0.610. The van der Waals surface area contributed by atoms with E-state index in [0.29, 0.717) is 26.3 Å². The molecule has 1 amide bonds. The van der Waals surface area contributed by atoms with Crippen molar-refractivity contribution in [2.45, 2.75) is 19.5 Å². The largest absolute Gasteiger partial charge is 0.378 e. The van der Waals surface area contributed by atoms with E-state index in [1.807, 2.05) is 6.92 Å². The zero-order valence-electron chi connectivity index (χ0n) is 9.77. The molecule has 1 aromatic rings. The second-order valence-corrected chi connectivity index (χ2v) is 3.95. The van der Waals surface area contributed by atoms with Crippen molar-refractivity contribution in [1.82, 2.24) is 20.6 Å². The summed E-state index contributed by atoms with van der Waals surface area (Å²) >= 11 is 0. The second-order valence-electron chi connectivity index (χ2n) is 3.95. The summed E-state index contributed by atoms with van der Waals surface area (Å²) in [5.41, 5.74) is 1.61. The van der Waals surface area contributed by atoms with Crippen LogP contribution in [-0.2, 0) is 16.1 Å². The number of carbonyl (C=O) groups is 1. The lowest BCUT2D eigenvalue weighted by Crippen LogP contribution is -2.51. The van der Waals surface area contributed by atoms with E-state index >= 15 is 0 Å². The minimum absolute atomic E-state index is 0.0629. The second kappa shape index (κ2) is 5.70. The number of rotatable bonds is 3. The van der Waals surface area contributed by atoms with Gasteiger partial charge in [0.05, 0.1) is 37.3 Å². The van der Waals surface area contributed by atoms with E-state index in [1.165, 1.54) is 0 Å². The third-order valence-corrected chi connectivity index (χ3v) is 2.52. The zero-order valence-corrected chi connectivity index (χ0v) is 9.77. The molecule has 1 atom stereocenters. The van der Waals surface area contributed by atoms with Crippen LogP contribution in [0.3, 0.4) is 0 Å². The highest BCUT2D eigenvalue weighted by Crippen LogP contribution is 1.96. The Morgan fingerprint density at radius 3 is 3.12 bits per heavy atom. The molecule has 92 valence electrons. The first-order valence-electron chi connectivity index (χ1n) is 5.62. The maximum absolute atomic E-state index is 11.7. The fourth-order valence-corrected chi connectivity index (χ4v) is 1.55. The van der Waals surface area contributed by atoms with Crippen LogP contribution in [0.5, 0.6) is 0 Å². The SMILES string of the molecule is Cc1cnc(CNC(=O)C2COCCN2)cn1. The van der Waals surface area contributed by atoms with E-state index in [4.69, 9.17) is 4.74 Å². The highest BCUT2D eigenvalue weighted by atomic mass is 16.5. The summed E-state index contributed by atoms with van der Waals surface area (Å²) < 4.78 is 5.22. The average molecular weight is 236 g/mol. The molecule has 0 aliphatic carbocycles. The number of morpholine rings is 1. The van der Waals surface area contributed by atoms with Crippen molar-refractivity contribution in [2.75, 3.05) is 19.8 Å². The molecule has 1 fully saturated rings. The smallest absolute Gasteiger partial charge is 0.239 e. The number of nitrogens with one attached hydrogen (secondary N) is 2. The summed E-state index contributed by atoms with van der Waals surface area (Å²) in [6, 6.07) is -0.262. The molecule has 2 rings (SSSR count). The Morgan fingerprint density at radius 2 is 2.47 bits per heavy atom. The van der Waals surface area contributed by atoms with Gasteiger partial charge in [0.25, 0.3) is 0 Å². The van der Waals surface area contributed by atoms with Crippen molar-refractivity contribution in [1.29, 1.82) is 0 Å². The summed E-state index contributed by atoms with van der Waals surface area (Å²) in [6.45, 7) is 4.06. The Labute approximate surface area is 99.8 Å². The van der Waals surface area contributed by atoms with Gasteiger partial charge in [0, 0.05) is 12.7 Å². The molecule has 0 bridgehead atoms. The zero-order chi connectivity index (χ0) is 12.1. The van der Waals surface area contributed by atoms with Crippen LogP contribution in [0.25, 0.3) is 0 Å². The van der Waals surface area contributed by atoms with Crippen molar-refractivity contribution in [3.8, 4) is 0 Å². The third kappa shape index (κ3) is 3.47. The van der Waals surface area contributed by atoms with Crippen LogP contribution in [0.4, 0.5) is 0 Å². The van der Waals surface area contributed by atoms with Gasteiger partial charge in [-0.1, -0.05) is 0 Å². The van der Waals surface area contributed by atoms with Gasteiger partial charge in [0.15, 0.2) is 0 Å². The summed E-state index contributed by atoms with van der Waals surface area (Å²) in [7, 11) is 0. The van der Waals surface area contributed by atoms with Gasteiger partial charge in [-0.2, -0.15) is 0 Å². The fourth-order valence-electron chi connectivity index (χ4n) is 1.55. The van der Waals surface area contributed by atoms with Crippen molar-refractivity contribution < 1.29 is 9.53 Å². The minimum Gasteiger partial charge on any atom is -0.378 e. The number of aromatic nitrogens is 2. The van der Waals surface area contributed by atoms with Crippen LogP contribution in [0.1, 0.15) is 11.4 Å². The number of hydrogen-bond acceptors (Lipinski definition) is 5. The first-order valence-corrected chi connectivity index (χ1v) is 5.62. The standard InChI is InChI=1S/C11H16N4O2/c1-8-4-14-9(5-13-8)6-15-11(16)10-7-17-3-2-12-10/h4-5,10,12H,2-3,6-7H2,1H3,(H,15,16). The van der Waals surface area contributed by atoms with Gasteiger partial charge < -0.3 is 15.4 Å². The van der Waals surface area contributed by atoms with E-state index in [-0.39, 0.29) is 11.9 Å². The molecule has 1 saturated heterocycles. The highest BCUT2D eigenvalue weighted by molar-refractivity contribution is 5.81. The number of carbonyl (C=O) groups excluding carboxylic acids is 1. The van der Waals surface area contributed by atoms with Crippen molar-refractivity contribution in [2.24, 2.45) is 0 Å². The lowest BCUT2D eigenvalue weighted by molar-refractivity contribution is -0.126. The molecule has 1 aliphatic rings. The average Bonchev–Trinajstić information content (AvgIpc) is 2.39. The number of nitrogens with zero attached hydrogens (tertiary/aromatic N) is 2. The van der Waals surface area contributed by atoms with E-state index in [9.17, 15) is 4.79 Å². The predicted molar refractivity (Wildman–Crippen MR) is 61.2 cm³/mol. The molecule has 1 aromatic heterocycles. The highest BCUT2D eigenvalue weighted by Gasteiger charge is 2.20. The number of ether oxygens (including phenoxy) is 1. The molecular formula is C11H16N4O2. The Hall–Kier alpha value is -1.53. The van der Waals surface area contributed by atoms with Gasteiger partial charge in [-0.05, 0) is 6.92 Å². The maximum Gasteiger partial charge on any atom is 0.239 e. The third-order valence-electron chi connectivity index (χ3n) is 2.52. The Morgan fingerprint density at radius 1 is 1.59 bits per heavy atom. The van der Waals surface area contributed by atoms with Gasteiger partial charge in [0.1, 0.15) is 6.04 Å². The Kier molecular flexibility index (Phi) is 4.00. The van der Waals surface area contributed by atoms with Crippen LogP contribution in [-0.4, -0.2) is 41.7 Å². The molecule has 0 saturated carbocycles. The first-order chi connectivity index (χ1) is 8.25. The van der Waals surface area contributed by atoms with E-state index in [0.717, 1.165) is 11.4 Å². The van der Waals surface area contributed by atoms with Crippen molar-refractivity contribution in [3.05, 3.63) is 23.8 Å². The van der Waals surface area contributed by atoms with Crippen LogP contribution < -0.4 is 10.6 Å². The van der Waals surface area contributed by atoms with Crippen LogP contribution >= 0.6 is 0 Å². The van der Waals surface area contributed by atoms with E-state index < -0.39 is 0 Å². The van der Waals surface area contributed by atoms with Crippen molar-refractivity contribution in [3.63, 3.8) is 0 Å². The molecule has 1 unspecified atom stereocenters. The van der Waals surface area contributed by atoms with Crippen LogP contribution in [0.2, 0.25) is 0 Å². The molecule has 0 radical (unpaired) electrons. The number of amides is 1. The molecular weight excluding hydrogens is 220 g/mol. The molecule has 1 aliphatic heterocycles. The molecule has 17 heavy (non-hydrogen) atoms. The quantitative estimate of drug-likeness (QED) is 0.732. The maximum atomic E-state index is 11.7. The van der Waals surface area contributed by atoms with E-state index in [1.54, 1.807) is 12.4 Å². The van der Waals surface area contributed by atoms with Gasteiger partial charge >= 0.3 is 0 Å². The topological polar surface area (TPSA) is 76.1 Å². The molecule has 0 aromatic carbocycles. The van der Waals surface area contributed by atoms with Crippen LogP contribution in [0, 0.1) is 6.92 Å². The summed E-state index contributed by atoms with van der Waals surface area (Å²) in [5.74, 6) is -0.0629. The van der Waals surface area contributed by atoms with Gasteiger partial charge in [-0.3, -0.25) is 14.8 Å². The van der Waals surface area contributed by atoms with Gasteiger partial charge in [-0.25, -0.2) is 0 Å². The fraction of sp³-hybridized carbons (Fsp3) is 0.545. The Balaban J connectivity index is 1.81. The number of hydrogen-bond donors (Lipinski definition) is 2. The monoisotopic (exact) mass is 236 g/mol. The normalized spacial score (nSPS) is 19.9. The van der Waals surface area contributed by atoms with E-state index in [2.05, 4.69) is 20.6 Å². The summed E-state index contributed by atoms with van der Waals surface area (Å²) in [4.78, 5) is 20.0. The van der Waals surface area contributed by atoms with Gasteiger partial charge in [0.2, 0.25) is 5.91 Å². The summed E-state index contributed by atoms with van der Waals surface area (Å²) in [6.07, 6.45) is 3.35. The lowest BCUT2D eigenvalue weighted by atomic mass is 10.2.